The fourth-order valence-corrected chi connectivity index (χ4v) is 2.07. The van der Waals surface area contributed by atoms with Crippen LogP contribution in [0.4, 0.5) is 0 Å². The van der Waals surface area contributed by atoms with Gasteiger partial charge in [-0.2, -0.15) is 5.10 Å². The van der Waals surface area contributed by atoms with Crippen LogP contribution in [0.5, 0.6) is 0 Å². The Morgan fingerprint density at radius 2 is 2.33 bits per heavy atom. The summed E-state index contributed by atoms with van der Waals surface area (Å²) in [7, 11) is 2.22. The number of nitrogens with zero attached hydrogens (tertiary/aromatic N) is 3. The molecule has 1 atom stereocenters. The molecule has 0 spiro atoms. The molecule has 1 saturated carbocycles. The molecule has 1 heterocycles. The van der Waals surface area contributed by atoms with Gasteiger partial charge in [-0.3, -0.25) is 4.68 Å². The van der Waals surface area contributed by atoms with Crippen LogP contribution in [0.25, 0.3) is 0 Å². The lowest BCUT2D eigenvalue weighted by Gasteiger charge is -2.15. The fourth-order valence-electron chi connectivity index (χ4n) is 2.07. The third kappa shape index (κ3) is 3.82. The van der Waals surface area contributed by atoms with Crippen LogP contribution in [-0.4, -0.2) is 40.9 Å². The van der Waals surface area contributed by atoms with Gasteiger partial charge < -0.3 is 10.2 Å². The van der Waals surface area contributed by atoms with Crippen LogP contribution >= 0.6 is 0 Å². The Morgan fingerprint density at radius 3 is 3.00 bits per heavy atom. The molecule has 4 heteroatoms. The summed E-state index contributed by atoms with van der Waals surface area (Å²) in [6.45, 7) is 7.45. The Morgan fingerprint density at radius 1 is 1.56 bits per heavy atom. The first-order valence-electron chi connectivity index (χ1n) is 7.15. The highest BCUT2D eigenvalue weighted by molar-refractivity contribution is 4.99. The first kappa shape index (κ1) is 13.6. The van der Waals surface area contributed by atoms with Crippen molar-refractivity contribution in [2.75, 3.05) is 20.1 Å². The molecule has 0 radical (unpaired) electrons. The van der Waals surface area contributed by atoms with E-state index < -0.39 is 0 Å². The molecule has 0 amide bonds. The lowest BCUT2D eigenvalue weighted by Crippen LogP contribution is -2.30. The van der Waals surface area contributed by atoms with E-state index in [1.54, 1.807) is 0 Å². The summed E-state index contributed by atoms with van der Waals surface area (Å²) >= 11 is 0. The van der Waals surface area contributed by atoms with Crippen molar-refractivity contribution in [3.8, 4) is 0 Å². The minimum Gasteiger partial charge on any atom is -0.310 e. The van der Waals surface area contributed by atoms with Gasteiger partial charge in [-0.15, -0.1) is 0 Å². The van der Waals surface area contributed by atoms with Gasteiger partial charge in [0.25, 0.3) is 0 Å². The van der Waals surface area contributed by atoms with Crippen LogP contribution in [0.3, 0.4) is 0 Å². The predicted octanol–water partition coefficient (Wildman–Crippen LogP) is 2.04. The summed E-state index contributed by atoms with van der Waals surface area (Å²) in [5.74, 6) is 0. The number of nitrogens with one attached hydrogen (secondary N) is 1. The van der Waals surface area contributed by atoms with E-state index in [0.29, 0.717) is 6.04 Å². The normalized spacial score (nSPS) is 17.3. The lowest BCUT2D eigenvalue weighted by atomic mass is 10.3. The molecule has 102 valence electrons. The molecule has 4 nitrogen and oxygen atoms in total. The van der Waals surface area contributed by atoms with Gasteiger partial charge in [0.1, 0.15) is 0 Å². The van der Waals surface area contributed by atoms with Gasteiger partial charge >= 0.3 is 0 Å². The number of rotatable bonds is 8. The van der Waals surface area contributed by atoms with Crippen LogP contribution < -0.4 is 5.32 Å². The zero-order valence-electron chi connectivity index (χ0n) is 11.9. The molecule has 18 heavy (non-hydrogen) atoms. The topological polar surface area (TPSA) is 33.1 Å². The molecule has 1 aliphatic rings. The maximum Gasteiger partial charge on any atom is 0.0762 e. The Labute approximate surface area is 110 Å². The summed E-state index contributed by atoms with van der Waals surface area (Å²) in [6.07, 6.45) is 5.98. The van der Waals surface area contributed by atoms with E-state index in [4.69, 9.17) is 0 Å². The lowest BCUT2D eigenvalue weighted by molar-refractivity contribution is 0.321. The number of hydrogen-bond donors (Lipinski definition) is 1. The van der Waals surface area contributed by atoms with Crippen molar-refractivity contribution in [1.82, 2.24) is 20.0 Å². The summed E-state index contributed by atoms with van der Waals surface area (Å²) < 4.78 is 2.06. The van der Waals surface area contributed by atoms with Crippen molar-refractivity contribution in [3.05, 3.63) is 18.0 Å². The number of likely N-dealkylation sites (N-methyl/N-ethyl adjacent to an activating group) is 1. The van der Waals surface area contributed by atoms with Crippen molar-refractivity contribution in [2.24, 2.45) is 0 Å². The Kier molecular flexibility index (Phi) is 4.78. The quantitative estimate of drug-likeness (QED) is 0.717. The standard InChI is InChI=1S/C14H26N4/c1-4-12(2)18-9-7-13(16-18)11-15-8-10-17(3)14-5-6-14/h7,9,12,14-15H,4-6,8,10-11H2,1-3H3. The van der Waals surface area contributed by atoms with Gasteiger partial charge in [0.05, 0.1) is 5.69 Å². The summed E-state index contributed by atoms with van der Waals surface area (Å²) in [4.78, 5) is 2.45. The van der Waals surface area contributed by atoms with Gasteiger partial charge in [-0.1, -0.05) is 6.92 Å². The monoisotopic (exact) mass is 250 g/mol. The average Bonchev–Trinajstić information content (AvgIpc) is 3.13. The molecule has 1 aromatic rings. The molecule has 0 bridgehead atoms. The van der Waals surface area contributed by atoms with Gasteiger partial charge in [0.15, 0.2) is 0 Å². The number of hydrogen-bond acceptors (Lipinski definition) is 3. The van der Waals surface area contributed by atoms with Crippen molar-refractivity contribution >= 4 is 0 Å². The van der Waals surface area contributed by atoms with Crippen LogP contribution in [0.1, 0.15) is 44.8 Å². The highest BCUT2D eigenvalue weighted by Crippen LogP contribution is 2.24. The zero-order valence-corrected chi connectivity index (χ0v) is 11.9. The van der Waals surface area contributed by atoms with E-state index in [1.165, 1.54) is 12.8 Å². The van der Waals surface area contributed by atoms with E-state index in [2.05, 4.69) is 53.2 Å². The van der Waals surface area contributed by atoms with Crippen molar-refractivity contribution in [2.45, 2.75) is 51.7 Å². The zero-order chi connectivity index (χ0) is 13.0. The summed E-state index contributed by atoms with van der Waals surface area (Å²) in [5, 5.41) is 8.05. The molecule has 1 aliphatic carbocycles. The van der Waals surface area contributed by atoms with Crippen LogP contribution in [0, 0.1) is 0 Å². The van der Waals surface area contributed by atoms with Gasteiger partial charge in [0.2, 0.25) is 0 Å². The molecule has 1 fully saturated rings. The molecule has 0 saturated heterocycles. The van der Waals surface area contributed by atoms with Gasteiger partial charge in [0, 0.05) is 37.9 Å². The maximum atomic E-state index is 4.59. The predicted molar refractivity (Wildman–Crippen MR) is 74.6 cm³/mol. The molecule has 1 unspecified atom stereocenters. The second-order valence-electron chi connectivity index (χ2n) is 5.43. The highest BCUT2D eigenvalue weighted by Gasteiger charge is 2.25. The smallest absolute Gasteiger partial charge is 0.0762 e. The molecular weight excluding hydrogens is 224 g/mol. The molecule has 1 aromatic heterocycles. The van der Waals surface area contributed by atoms with E-state index in [-0.39, 0.29) is 0 Å². The van der Waals surface area contributed by atoms with Crippen molar-refractivity contribution < 1.29 is 0 Å². The Bertz CT molecular complexity index is 356. The molecular formula is C14H26N4. The van der Waals surface area contributed by atoms with E-state index in [9.17, 15) is 0 Å². The minimum atomic E-state index is 0.500. The van der Waals surface area contributed by atoms with Gasteiger partial charge in [-0.25, -0.2) is 0 Å². The van der Waals surface area contributed by atoms with Crippen LogP contribution in [0.2, 0.25) is 0 Å². The second-order valence-corrected chi connectivity index (χ2v) is 5.43. The Balaban J connectivity index is 1.65. The Hall–Kier alpha value is -0.870. The summed E-state index contributed by atoms with van der Waals surface area (Å²) in [6, 6.07) is 3.47. The largest absolute Gasteiger partial charge is 0.310 e. The van der Waals surface area contributed by atoms with E-state index in [0.717, 1.165) is 37.8 Å². The third-order valence-electron chi connectivity index (χ3n) is 3.82. The van der Waals surface area contributed by atoms with Crippen LogP contribution in [-0.2, 0) is 6.54 Å². The average molecular weight is 250 g/mol. The first-order chi connectivity index (χ1) is 8.70. The molecule has 0 aromatic carbocycles. The fraction of sp³-hybridized carbons (Fsp3) is 0.786. The second kappa shape index (κ2) is 6.34. The third-order valence-corrected chi connectivity index (χ3v) is 3.82. The van der Waals surface area contributed by atoms with Crippen molar-refractivity contribution in [1.29, 1.82) is 0 Å². The maximum absolute atomic E-state index is 4.59. The van der Waals surface area contributed by atoms with E-state index in [1.807, 2.05) is 0 Å². The minimum absolute atomic E-state index is 0.500. The summed E-state index contributed by atoms with van der Waals surface area (Å²) in [5.41, 5.74) is 1.14. The molecule has 1 N–H and O–H groups in total. The first-order valence-corrected chi connectivity index (χ1v) is 7.15. The van der Waals surface area contributed by atoms with E-state index >= 15 is 0 Å². The van der Waals surface area contributed by atoms with Crippen molar-refractivity contribution in [3.63, 3.8) is 0 Å². The molecule has 0 aliphatic heterocycles. The SMILES string of the molecule is CCC(C)n1ccc(CNCCN(C)C2CC2)n1. The van der Waals surface area contributed by atoms with Gasteiger partial charge in [-0.05, 0) is 39.3 Å². The highest BCUT2D eigenvalue weighted by atomic mass is 15.3. The number of aromatic nitrogens is 2. The molecule has 2 rings (SSSR count). The van der Waals surface area contributed by atoms with Crippen LogP contribution in [0.15, 0.2) is 12.3 Å².